The van der Waals surface area contributed by atoms with Gasteiger partial charge in [0.25, 0.3) is 0 Å². The number of amides is 2. The number of nitrogens with zero attached hydrogens (tertiary/aromatic N) is 2. The largest absolute Gasteiger partial charge is 0.339 e. The number of hydrogen-bond donors (Lipinski definition) is 2. The molecule has 0 unspecified atom stereocenters. The predicted molar refractivity (Wildman–Crippen MR) is 98.7 cm³/mol. The van der Waals surface area contributed by atoms with Crippen LogP contribution in [0.25, 0.3) is 10.9 Å². The van der Waals surface area contributed by atoms with Gasteiger partial charge < -0.3 is 9.88 Å². The number of nitrogens with one attached hydrogen (secondary N) is 2. The number of hydrazone groups is 1. The first-order chi connectivity index (χ1) is 12.5. The van der Waals surface area contributed by atoms with E-state index in [-0.39, 0.29) is 5.69 Å². The van der Waals surface area contributed by atoms with Gasteiger partial charge in [-0.25, -0.2) is 19.0 Å². The molecule has 8 heteroatoms. The molecule has 1 heterocycles. The van der Waals surface area contributed by atoms with Gasteiger partial charge >= 0.3 is 6.03 Å². The van der Waals surface area contributed by atoms with Gasteiger partial charge in [-0.3, -0.25) is 0 Å². The van der Waals surface area contributed by atoms with E-state index in [2.05, 4.69) is 15.8 Å². The number of aromatic nitrogens is 1. The lowest BCUT2D eigenvalue weighted by atomic mass is 10.2. The summed E-state index contributed by atoms with van der Waals surface area (Å²) in [6.45, 7) is 2.67. The lowest BCUT2D eigenvalue weighted by Gasteiger charge is -2.04. The maximum Gasteiger partial charge on any atom is 0.339 e. The molecule has 0 aliphatic carbocycles. The first kappa shape index (κ1) is 17.9. The molecule has 0 fully saturated rings. The predicted octanol–water partition coefficient (Wildman–Crippen LogP) is 4.75. The van der Waals surface area contributed by atoms with Crippen LogP contribution in [0.4, 0.5) is 19.3 Å². The summed E-state index contributed by atoms with van der Waals surface area (Å²) in [6, 6.07) is 10.0. The second-order valence-corrected chi connectivity index (χ2v) is 5.78. The van der Waals surface area contributed by atoms with E-state index in [1.54, 1.807) is 0 Å². The molecule has 0 atom stereocenters. The fourth-order valence-electron chi connectivity index (χ4n) is 2.62. The minimum absolute atomic E-state index is 0.109. The Morgan fingerprint density at radius 1 is 1.23 bits per heavy atom. The van der Waals surface area contributed by atoms with E-state index in [9.17, 15) is 13.6 Å². The number of hydrogen-bond acceptors (Lipinski definition) is 2. The van der Waals surface area contributed by atoms with Crippen molar-refractivity contribution in [3.05, 3.63) is 64.8 Å². The molecular weight excluding hydrogens is 362 g/mol. The highest BCUT2D eigenvalue weighted by Crippen LogP contribution is 2.28. The number of urea groups is 1. The van der Waals surface area contributed by atoms with Crippen LogP contribution in [0.15, 0.2) is 47.6 Å². The number of carbonyl (C=O) groups excluding carboxylic acids is 1. The molecule has 0 saturated heterocycles. The van der Waals surface area contributed by atoms with Crippen molar-refractivity contribution in [1.29, 1.82) is 0 Å². The van der Waals surface area contributed by atoms with Crippen LogP contribution in [-0.4, -0.2) is 16.8 Å². The average Bonchev–Trinajstić information content (AvgIpc) is 2.89. The number of para-hydroxylation sites is 1. The Morgan fingerprint density at radius 2 is 2.00 bits per heavy atom. The molecular formula is C18H15ClF2N4O. The Bertz CT molecular complexity index is 1000. The number of aryl methyl sites for hydroxylation is 1. The van der Waals surface area contributed by atoms with Crippen molar-refractivity contribution < 1.29 is 13.6 Å². The Balaban J connectivity index is 1.74. The normalized spacial score (nSPS) is 11.2. The number of fused-ring (bicyclic) bond motifs is 1. The summed E-state index contributed by atoms with van der Waals surface area (Å²) in [5, 5.41) is 7.66. The van der Waals surface area contributed by atoms with Crippen LogP contribution in [0, 0.1) is 11.6 Å². The summed E-state index contributed by atoms with van der Waals surface area (Å²) in [5.74, 6) is -2.04. The average molecular weight is 377 g/mol. The van der Waals surface area contributed by atoms with Crippen LogP contribution in [0.5, 0.6) is 0 Å². The van der Waals surface area contributed by atoms with Gasteiger partial charge in [0.1, 0.15) is 5.15 Å². The Kier molecular flexibility index (Phi) is 5.18. The quantitative estimate of drug-likeness (QED) is 0.501. The summed E-state index contributed by atoms with van der Waals surface area (Å²) in [6.07, 6.45) is 1.45. The lowest BCUT2D eigenvalue weighted by Crippen LogP contribution is -2.24. The Labute approximate surface area is 153 Å². The molecule has 0 saturated carbocycles. The summed E-state index contributed by atoms with van der Waals surface area (Å²) >= 11 is 6.40. The van der Waals surface area contributed by atoms with E-state index >= 15 is 0 Å². The highest BCUT2D eigenvalue weighted by Gasteiger charge is 2.12. The summed E-state index contributed by atoms with van der Waals surface area (Å²) < 4.78 is 28.0. The molecule has 2 aromatic carbocycles. The highest BCUT2D eigenvalue weighted by atomic mass is 35.5. The van der Waals surface area contributed by atoms with Crippen molar-refractivity contribution in [3.8, 4) is 0 Å². The fourth-order valence-corrected chi connectivity index (χ4v) is 2.98. The molecule has 134 valence electrons. The zero-order valence-corrected chi connectivity index (χ0v) is 14.5. The summed E-state index contributed by atoms with van der Waals surface area (Å²) in [4.78, 5) is 11.8. The van der Waals surface area contributed by atoms with Crippen molar-refractivity contribution in [2.24, 2.45) is 5.10 Å². The van der Waals surface area contributed by atoms with Gasteiger partial charge in [-0.2, -0.15) is 5.10 Å². The minimum atomic E-state index is -1.05. The molecule has 2 N–H and O–H groups in total. The zero-order valence-electron chi connectivity index (χ0n) is 13.8. The zero-order chi connectivity index (χ0) is 18.7. The van der Waals surface area contributed by atoms with Gasteiger partial charge in [0.15, 0.2) is 11.6 Å². The van der Waals surface area contributed by atoms with E-state index in [1.807, 2.05) is 35.8 Å². The van der Waals surface area contributed by atoms with Gasteiger partial charge in [-0.1, -0.05) is 29.8 Å². The topological polar surface area (TPSA) is 58.4 Å². The molecule has 0 aliphatic heterocycles. The molecule has 0 spiro atoms. The first-order valence-corrected chi connectivity index (χ1v) is 8.21. The molecule has 3 rings (SSSR count). The number of halogens is 3. The van der Waals surface area contributed by atoms with E-state index in [1.165, 1.54) is 12.3 Å². The van der Waals surface area contributed by atoms with Crippen LogP contribution >= 0.6 is 11.6 Å². The molecule has 1 aromatic heterocycles. The van der Waals surface area contributed by atoms with Crippen molar-refractivity contribution in [2.75, 3.05) is 5.32 Å². The van der Waals surface area contributed by atoms with Gasteiger partial charge in [0.2, 0.25) is 0 Å². The summed E-state index contributed by atoms with van der Waals surface area (Å²) in [7, 11) is 0. The van der Waals surface area contributed by atoms with Crippen LogP contribution in [-0.2, 0) is 6.54 Å². The van der Waals surface area contributed by atoms with Crippen molar-refractivity contribution in [1.82, 2.24) is 9.99 Å². The number of carbonyl (C=O) groups is 1. The standard InChI is InChI=1S/C18H15ClF2N4O/c1-2-25-16-6-4-3-5-12(16)13(17(25)19)10-22-24-18(26)23-11-7-8-14(20)15(21)9-11/h3-10H,2H2,1H3,(H2,23,24,26)/b22-10+. The molecule has 26 heavy (non-hydrogen) atoms. The number of rotatable bonds is 4. The van der Waals surface area contributed by atoms with Crippen LogP contribution in [0.2, 0.25) is 5.15 Å². The Hall–Kier alpha value is -2.93. The third kappa shape index (κ3) is 3.52. The monoisotopic (exact) mass is 376 g/mol. The first-order valence-electron chi connectivity index (χ1n) is 7.83. The molecule has 3 aromatic rings. The fraction of sp³-hybridized carbons (Fsp3) is 0.111. The van der Waals surface area contributed by atoms with Crippen LogP contribution < -0.4 is 10.7 Å². The van der Waals surface area contributed by atoms with E-state index < -0.39 is 17.7 Å². The molecule has 0 bridgehead atoms. The van der Waals surface area contributed by atoms with Crippen LogP contribution in [0.1, 0.15) is 12.5 Å². The van der Waals surface area contributed by atoms with E-state index in [0.29, 0.717) is 17.3 Å². The van der Waals surface area contributed by atoms with Gasteiger partial charge in [0.05, 0.1) is 6.21 Å². The van der Waals surface area contributed by atoms with E-state index in [0.717, 1.165) is 23.0 Å². The second-order valence-electron chi connectivity index (χ2n) is 5.42. The highest BCUT2D eigenvalue weighted by molar-refractivity contribution is 6.34. The molecule has 2 amide bonds. The SMILES string of the molecule is CCn1c(Cl)c(/C=N/NC(=O)Nc2ccc(F)c(F)c2)c2ccccc21. The maximum atomic E-state index is 13.1. The minimum Gasteiger partial charge on any atom is -0.331 e. The third-order valence-corrected chi connectivity index (χ3v) is 4.21. The Morgan fingerprint density at radius 3 is 2.73 bits per heavy atom. The van der Waals surface area contributed by atoms with E-state index in [4.69, 9.17) is 11.6 Å². The molecule has 0 radical (unpaired) electrons. The van der Waals surface area contributed by atoms with Gasteiger partial charge in [-0.15, -0.1) is 0 Å². The van der Waals surface area contributed by atoms with Crippen molar-refractivity contribution >= 4 is 40.4 Å². The number of anilines is 1. The van der Waals surface area contributed by atoms with Crippen LogP contribution in [0.3, 0.4) is 0 Å². The molecule has 0 aliphatic rings. The maximum absolute atomic E-state index is 13.1. The molecule has 5 nitrogen and oxygen atoms in total. The number of benzene rings is 2. The third-order valence-electron chi connectivity index (χ3n) is 3.80. The summed E-state index contributed by atoms with van der Waals surface area (Å²) in [5.41, 5.74) is 4.02. The second kappa shape index (κ2) is 7.53. The van der Waals surface area contributed by atoms with Gasteiger partial charge in [-0.05, 0) is 25.1 Å². The smallest absolute Gasteiger partial charge is 0.331 e. The lowest BCUT2D eigenvalue weighted by molar-refractivity contribution is 0.252. The van der Waals surface area contributed by atoms with Crippen molar-refractivity contribution in [2.45, 2.75) is 13.5 Å². The van der Waals surface area contributed by atoms with Gasteiger partial charge in [0, 0.05) is 34.8 Å². The van der Waals surface area contributed by atoms with Crippen molar-refractivity contribution in [3.63, 3.8) is 0 Å².